The van der Waals surface area contributed by atoms with Crippen molar-refractivity contribution in [2.75, 3.05) is 13.2 Å². The van der Waals surface area contributed by atoms with Crippen LogP contribution < -0.4 is 22.1 Å². The van der Waals surface area contributed by atoms with Gasteiger partial charge in [0.1, 0.15) is 6.67 Å². The van der Waals surface area contributed by atoms with Crippen molar-refractivity contribution >= 4 is 23.8 Å². The number of aliphatic imine (C=N–C) groups is 1. The van der Waals surface area contributed by atoms with E-state index in [1.165, 1.54) is 0 Å². The standard InChI is InChI=1S/C7H10FN5O3/c8-1-7(3(9)14)2-11-6(12-4(7)15)13-5(10)16/h1-2H2,(H2,9,14)(H4,10,11,12,13,15,16)/t7-/m1/s1. The second-order valence-corrected chi connectivity index (χ2v) is 3.19. The van der Waals surface area contributed by atoms with E-state index in [2.05, 4.69) is 4.99 Å². The number of halogens is 1. The van der Waals surface area contributed by atoms with Crippen LogP contribution in [0.5, 0.6) is 0 Å². The van der Waals surface area contributed by atoms with Gasteiger partial charge in [-0.2, -0.15) is 0 Å². The van der Waals surface area contributed by atoms with E-state index in [-0.39, 0.29) is 5.96 Å². The van der Waals surface area contributed by atoms with E-state index < -0.39 is 36.5 Å². The Hall–Kier alpha value is -2.19. The molecule has 4 amide bonds. The van der Waals surface area contributed by atoms with Gasteiger partial charge in [-0.1, -0.05) is 0 Å². The van der Waals surface area contributed by atoms with Gasteiger partial charge in [-0.25, -0.2) is 9.18 Å². The molecule has 0 saturated heterocycles. The van der Waals surface area contributed by atoms with Gasteiger partial charge in [0, 0.05) is 0 Å². The SMILES string of the molecule is NC(=O)NC1=NC[C@](CF)(C(N)=O)C(=O)N1. The van der Waals surface area contributed by atoms with Gasteiger partial charge < -0.3 is 11.5 Å². The Kier molecular flexibility index (Phi) is 3.06. The summed E-state index contributed by atoms with van der Waals surface area (Å²) in [5, 5.41) is 4.02. The zero-order chi connectivity index (χ0) is 12.3. The van der Waals surface area contributed by atoms with E-state index in [1.54, 1.807) is 0 Å². The molecule has 1 rings (SSSR count). The molecule has 0 aliphatic carbocycles. The number of alkyl halides is 1. The van der Waals surface area contributed by atoms with Crippen LogP contribution in [0.3, 0.4) is 0 Å². The molecule has 0 fully saturated rings. The third-order valence-electron chi connectivity index (χ3n) is 2.12. The summed E-state index contributed by atoms with van der Waals surface area (Å²) in [7, 11) is 0. The topological polar surface area (TPSA) is 140 Å². The van der Waals surface area contributed by atoms with E-state index in [0.29, 0.717) is 0 Å². The molecule has 0 aromatic rings. The zero-order valence-electron chi connectivity index (χ0n) is 8.12. The van der Waals surface area contributed by atoms with Crippen LogP contribution in [0, 0.1) is 5.41 Å². The Balaban J connectivity index is 2.91. The number of carbonyl (C=O) groups is 3. The highest BCUT2D eigenvalue weighted by Gasteiger charge is 2.47. The number of guanidine groups is 1. The summed E-state index contributed by atoms with van der Waals surface area (Å²) in [4.78, 5) is 36.5. The molecule has 1 heterocycles. The maximum absolute atomic E-state index is 12.7. The van der Waals surface area contributed by atoms with Crippen molar-refractivity contribution in [3.63, 3.8) is 0 Å². The first-order chi connectivity index (χ1) is 7.42. The molecule has 0 aromatic carbocycles. The number of primary amides is 2. The van der Waals surface area contributed by atoms with Crippen LogP contribution in [0.1, 0.15) is 0 Å². The van der Waals surface area contributed by atoms with Crippen LogP contribution >= 0.6 is 0 Å². The van der Waals surface area contributed by atoms with Crippen LogP contribution in [0.4, 0.5) is 9.18 Å². The van der Waals surface area contributed by atoms with Crippen molar-refractivity contribution < 1.29 is 18.8 Å². The number of hydrogen-bond acceptors (Lipinski definition) is 4. The molecule has 88 valence electrons. The van der Waals surface area contributed by atoms with Gasteiger partial charge in [0.15, 0.2) is 5.41 Å². The fourth-order valence-corrected chi connectivity index (χ4v) is 1.10. The molecule has 9 heteroatoms. The third-order valence-corrected chi connectivity index (χ3v) is 2.12. The van der Waals surface area contributed by atoms with Crippen LogP contribution in [0.2, 0.25) is 0 Å². The molecule has 16 heavy (non-hydrogen) atoms. The maximum Gasteiger partial charge on any atom is 0.318 e. The summed E-state index contributed by atoms with van der Waals surface area (Å²) in [6.45, 7) is -1.73. The van der Waals surface area contributed by atoms with Crippen molar-refractivity contribution in [1.82, 2.24) is 10.6 Å². The average Bonchev–Trinajstić information content (AvgIpc) is 2.17. The van der Waals surface area contributed by atoms with Gasteiger partial charge in [0.05, 0.1) is 6.54 Å². The van der Waals surface area contributed by atoms with Gasteiger partial charge in [-0.3, -0.25) is 25.2 Å². The monoisotopic (exact) mass is 231 g/mol. The molecule has 0 bridgehead atoms. The Morgan fingerprint density at radius 2 is 2.19 bits per heavy atom. The molecule has 0 radical (unpaired) electrons. The Morgan fingerprint density at radius 3 is 2.56 bits per heavy atom. The first-order valence-electron chi connectivity index (χ1n) is 4.20. The molecule has 0 aromatic heterocycles. The van der Waals surface area contributed by atoms with E-state index in [9.17, 15) is 18.8 Å². The molecule has 1 aliphatic heterocycles. The van der Waals surface area contributed by atoms with Gasteiger partial charge in [-0.05, 0) is 0 Å². The minimum atomic E-state index is -2.01. The normalized spacial score (nSPS) is 24.3. The van der Waals surface area contributed by atoms with E-state index >= 15 is 0 Å². The van der Waals surface area contributed by atoms with Crippen LogP contribution in [0.15, 0.2) is 4.99 Å². The molecule has 6 N–H and O–H groups in total. The summed E-state index contributed by atoms with van der Waals surface area (Å²) in [5.74, 6) is -2.31. The van der Waals surface area contributed by atoms with Gasteiger partial charge in [0.25, 0.3) is 0 Å². The molecule has 0 saturated carbocycles. The quantitative estimate of drug-likeness (QED) is 0.393. The maximum atomic E-state index is 12.7. The zero-order valence-corrected chi connectivity index (χ0v) is 8.12. The van der Waals surface area contributed by atoms with Crippen LogP contribution in [-0.2, 0) is 9.59 Å². The van der Waals surface area contributed by atoms with E-state index in [1.807, 2.05) is 10.6 Å². The first kappa shape index (κ1) is 11.9. The fraction of sp³-hybridized carbons (Fsp3) is 0.429. The smallest absolute Gasteiger partial charge is 0.318 e. The minimum absolute atomic E-state index is 0.233. The Labute approximate surface area is 89.2 Å². The summed E-state index contributed by atoms with van der Waals surface area (Å²) < 4.78 is 12.7. The molecular formula is C7H10FN5O3. The lowest BCUT2D eigenvalue weighted by Gasteiger charge is -2.28. The molecular weight excluding hydrogens is 221 g/mol. The predicted octanol–water partition coefficient (Wildman–Crippen LogP) is -2.42. The second kappa shape index (κ2) is 4.13. The fourth-order valence-electron chi connectivity index (χ4n) is 1.10. The minimum Gasteiger partial charge on any atom is -0.369 e. The highest BCUT2D eigenvalue weighted by molar-refractivity contribution is 6.14. The lowest BCUT2D eigenvalue weighted by atomic mass is 9.87. The molecule has 0 spiro atoms. The molecule has 1 atom stereocenters. The first-order valence-corrected chi connectivity index (χ1v) is 4.20. The Bertz CT molecular complexity index is 382. The van der Waals surface area contributed by atoms with Crippen LogP contribution in [0.25, 0.3) is 0 Å². The number of nitrogens with one attached hydrogen (secondary N) is 2. The third kappa shape index (κ3) is 1.92. The molecule has 1 aliphatic rings. The van der Waals surface area contributed by atoms with Gasteiger partial charge in [-0.15, -0.1) is 0 Å². The van der Waals surface area contributed by atoms with Crippen LogP contribution in [-0.4, -0.2) is 37.0 Å². The van der Waals surface area contributed by atoms with Crippen molar-refractivity contribution in [1.29, 1.82) is 0 Å². The number of amides is 4. The highest BCUT2D eigenvalue weighted by atomic mass is 19.1. The number of hydrogen-bond donors (Lipinski definition) is 4. The summed E-state index contributed by atoms with van der Waals surface area (Å²) >= 11 is 0. The van der Waals surface area contributed by atoms with Crippen molar-refractivity contribution in [2.45, 2.75) is 0 Å². The van der Waals surface area contributed by atoms with Crippen molar-refractivity contribution in [3.8, 4) is 0 Å². The lowest BCUT2D eigenvalue weighted by Crippen LogP contribution is -2.60. The van der Waals surface area contributed by atoms with Crippen molar-refractivity contribution in [3.05, 3.63) is 0 Å². The van der Waals surface area contributed by atoms with E-state index in [0.717, 1.165) is 0 Å². The van der Waals surface area contributed by atoms with E-state index in [4.69, 9.17) is 11.5 Å². The predicted molar refractivity (Wildman–Crippen MR) is 50.8 cm³/mol. The summed E-state index contributed by atoms with van der Waals surface area (Å²) in [6, 6.07) is -0.939. The number of carbonyl (C=O) groups excluding carboxylic acids is 3. The lowest BCUT2D eigenvalue weighted by molar-refractivity contribution is -0.141. The number of urea groups is 1. The highest BCUT2D eigenvalue weighted by Crippen LogP contribution is 2.21. The largest absolute Gasteiger partial charge is 0.369 e. The second-order valence-electron chi connectivity index (χ2n) is 3.19. The Morgan fingerprint density at radius 1 is 1.56 bits per heavy atom. The number of nitrogens with two attached hydrogens (primary N) is 2. The van der Waals surface area contributed by atoms with Gasteiger partial charge >= 0.3 is 6.03 Å². The summed E-state index contributed by atoms with van der Waals surface area (Å²) in [5.41, 5.74) is 7.70. The summed E-state index contributed by atoms with van der Waals surface area (Å²) in [6.07, 6.45) is 0. The average molecular weight is 231 g/mol. The van der Waals surface area contributed by atoms with Gasteiger partial charge in [0.2, 0.25) is 17.8 Å². The molecule has 0 unspecified atom stereocenters. The number of rotatable bonds is 2. The van der Waals surface area contributed by atoms with Crippen molar-refractivity contribution in [2.24, 2.45) is 21.9 Å². The molecule has 8 nitrogen and oxygen atoms in total. The number of nitrogens with zero attached hydrogens (tertiary/aromatic N) is 1.